The number of nitrogens with two attached hydrogens (primary N) is 3. The fourth-order valence-corrected chi connectivity index (χ4v) is 20.9. The van der Waals surface area contributed by atoms with Crippen molar-refractivity contribution in [1.29, 1.82) is 5.26 Å². The number of benzene rings is 5. The molecule has 15 aromatic rings. The van der Waals surface area contributed by atoms with Gasteiger partial charge in [-0.15, -0.1) is 0 Å². The van der Waals surface area contributed by atoms with Crippen LogP contribution in [0.15, 0.2) is 196 Å². The number of ether oxygens (including phenoxy) is 2. The van der Waals surface area contributed by atoms with Gasteiger partial charge in [0.15, 0.2) is 11.6 Å². The Morgan fingerprint density at radius 1 is 0.467 bits per heavy atom. The van der Waals surface area contributed by atoms with E-state index in [4.69, 9.17) is 38.3 Å². The van der Waals surface area contributed by atoms with Crippen molar-refractivity contribution < 1.29 is 83.9 Å². The van der Waals surface area contributed by atoms with Gasteiger partial charge in [0.25, 0.3) is 0 Å². The molecule has 0 spiro atoms. The fraction of sp³-hybridized carbons (Fsp3) is 0.376. The third kappa shape index (κ3) is 19.1. The molecule has 137 heavy (non-hydrogen) atoms. The number of aryl methyl sites for hydroxylation is 5. The van der Waals surface area contributed by atoms with Crippen LogP contribution in [-0.4, -0.2) is 204 Å². The molecule has 11 heterocycles. The van der Waals surface area contributed by atoms with E-state index in [1.165, 1.54) is 42.5 Å². The standard InChI is InChI=1S/C23H27N3O3.C20H23ClN4O2.C20H19N3O3.C19H20F2N4O3.C19H21FN4O3/c1-13-5-9-25-23-15(13)7-10-26(23)19-11-17(21(28)22(19)29)20(27)16-4-2-3-14-6-8-24-12-18(14)16;1-11-16-4-5-25(20(16)24-10-23-11)17-8-13(18(26)19(17)27)6-12-2-3-15(21)7-14(12)9-22;1-12-6-8-22-20-14(12)7-9-23(20)15-10-17(19(25)18(15)24)26-16-5-3-2-4-13(16)11-21;1-8-10-4-5-25(18(10)24-19(22)23-8)14-7-11(16(27)17(14)28)15(26)9-2-3-12(20)13(21)6-9;1-10-13-4-5-24(19(13)23-9-22-10)14-7-16(18(26)17(14)25)27-15-3-2-12(20)6-11(15)8-21/h2-5,7,9-10,17,19-22,24,27-29H,6,8,11-12H2,1H3;2-5,7,10,13,17-19,26-27H,6,8-9,22H2,1H3;2-9,15,17-19,24-25H,10H2,1H3;2-6,11,14-17,26-28H,7H2,1H3,(H2,22,23,24);2-6,9,14,16-18,25-26H,7-8,21H2,1H3/t17-,19-,20-,21-,22+;13-,17+,18+,19-;15-,17+,18+,19-;11-,14-,15+,16-,17+;14-,16+,17+,18-/m10011/s1. The highest BCUT2D eigenvalue weighted by Crippen LogP contribution is 2.48. The minimum absolute atomic E-state index is 0.0724. The molecule has 1 aliphatic heterocycles. The Morgan fingerprint density at radius 3 is 1.53 bits per heavy atom. The number of nitriles is 1. The van der Waals surface area contributed by atoms with Crippen LogP contribution in [0.5, 0.6) is 11.5 Å². The van der Waals surface area contributed by atoms with Gasteiger partial charge in [0.05, 0.1) is 83.4 Å². The second-order valence-corrected chi connectivity index (χ2v) is 36.8. The number of aliphatic hydroxyl groups is 12. The van der Waals surface area contributed by atoms with E-state index < -0.39 is 127 Å². The van der Waals surface area contributed by atoms with E-state index in [9.17, 15) is 79.7 Å². The van der Waals surface area contributed by atoms with Crippen LogP contribution in [0.1, 0.15) is 147 Å². The number of rotatable bonds is 17. The number of nitrogens with one attached hydrogen (secondary N) is 1. The third-order valence-corrected chi connectivity index (χ3v) is 28.5. The molecule has 5 aromatic carbocycles. The minimum Gasteiger partial charge on any atom is -0.487 e. The topological polar surface area (TPSA) is 503 Å². The van der Waals surface area contributed by atoms with Gasteiger partial charge >= 0.3 is 0 Å². The highest BCUT2D eigenvalue weighted by Gasteiger charge is 2.51. The zero-order chi connectivity index (χ0) is 96.8. The summed E-state index contributed by atoms with van der Waals surface area (Å²) in [6.45, 7) is 11.8. The molecular formula is C101H110ClF3N18O14. The zero-order valence-electron chi connectivity index (χ0n) is 75.6. The SMILES string of the molecule is Cc1ccnc2c1ccn2[C@@H]1C[C@H]([C@H](O)c2cccc3c2CNCC3)[C@@H](O)[C@H]1O.Cc1ccnc2c1ccn2[C@H]1C[C@@H](Oc2ccccc2C#N)[C@H](O)[C@@H]1O.Cc1nc(N)nc2c1ccn2[C@@H]1C[C@H]([C@@H](O)c2ccc(F)c(F)c2)[C@@H](O)[C@H]1O.Cc1ncnc2c1ccn2[C@@H]1C[C@H](Cc2ccc(Cl)cc2CN)[C@@H](O)[C@H]1O.Cc1ncnc2c1ccn2[C@@H]1C[C@H](Oc2ccc(F)cc2CN)[C@@H](O)[C@H]1O. The minimum atomic E-state index is -1.27. The van der Waals surface area contributed by atoms with Gasteiger partial charge in [-0.2, -0.15) is 10.2 Å². The molecule has 5 saturated carbocycles. The molecule has 0 radical (unpaired) electrons. The van der Waals surface area contributed by atoms with Gasteiger partial charge in [-0.25, -0.2) is 48.1 Å². The maximum absolute atomic E-state index is 13.5. The van der Waals surface area contributed by atoms with Gasteiger partial charge in [0.1, 0.15) is 119 Å². The lowest BCUT2D eigenvalue weighted by Gasteiger charge is -2.27. The van der Waals surface area contributed by atoms with Crippen LogP contribution in [-0.2, 0) is 32.5 Å². The van der Waals surface area contributed by atoms with Crippen molar-refractivity contribution >= 4 is 72.7 Å². The molecule has 0 unspecified atom stereocenters. The van der Waals surface area contributed by atoms with Crippen LogP contribution >= 0.6 is 11.6 Å². The van der Waals surface area contributed by atoms with Crippen molar-refractivity contribution in [3.63, 3.8) is 0 Å². The van der Waals surface area contributed by atoms with Gasteiger partial charge in [0, 0.05) is 125 Å². The molecule has 32 nitrogen and oxygen atoms in total. The molecule has 10 aromatic heterocycles. The summed E-state index contributed by atoms with van der Waals surface area (Å²) in [5.41, 5.74) is 31.8. The lowest BCUT2D eigenvalue weighted by Crippen LogP contribution is -2.34. The number of anilines is 1. The van der Waals surface area contributed by atoms with Crippen LogP contribution in [0.3, 0.4) is 0 Å². The number of nitrogens with zero attached hydrogens (tertiary/aromatic N) is 14. The van der Waals surface area contributed by atoms with Crippen molar-refractivity contribution in [3.05, 3.63) is 291 Å². The third-order valence-electron chi connectivity index (χ3n) is 28.3. The predicted octanol–water partition coefficient (Wildman–Crippen LogP) is 9.78. The molecule has 36 heteroatoms. The summed E-state index contributed by atoms with van der Waals surface area (Å²) in [5.74, 6) is -2.87. The van der Waals surface area contributed by atoms with Gasteiger partial charge in [0.2, 0.25) is 5.95 Å². The van der Waals surface area contributed by atoms with Crippen molar-refractivity contribution in [2.45, 2.75) is 215 Å². The first-order valence-corrected chi connectivity index (χ1v) is 46.0. The molecular weight excluding hydrogens is 1780 g/mol. The molecule has 716 valence electrons. The highest BCUT2D eigenvalue weighted by atomic mass is 35.5. The Hall–Kier alpha value is -12.3. The Balaban J connectivity index is 0.000000119. The number of hydrogen-bond acceptors (Lipinski definition) is 27. The van der Waals surface area contributed by atoms with E-state index >= 15 is 0 Å². The molecule has 19 N–H and O–H groups in total. The second-order valence-electron chi connectivity index (χ2n) is 36.3. The van der Waals surface area contributed by atoms with Crippen molar-refractivity contribution in [1.82, 2.24) is 68.0 Å². The number of aliphatic hydroxyl groups excluding tert-OH is 12. The molecule has 0 saturated heterocycles. The van der Waals surface area contributed by atoms with Crippen LogP contribution in [0.2, 0.25) is 5.02 Å². The number of pyridine rings is 2. The van der Waals surface area contributed by atoms with E-state index in [0.717, 1.165) is 120 Å². The van der Waals surface area contributed by atoms with Gasteiger partial charge in [-0.1, -0.05) is 54.1 Å². The van der Waals surface area contributed by atoms with E-state index in [1.54, 1.807) is 60.4 Å². The summed E-state index contributed by atoms with van der Waals surface area (Å²) in [6, 6.07) is 39.5. The number of hydrogen-bond donors (Lipinski definition) is 16. The summed E-state index contributed by atoms with van der Waals surface area (Å²) >= 11 is 6.06. The summed E-state index contributed by atoms with van der Waals surface area (Å²) in [7, 11) is 0. The predicted molar refractivity (Wildman–Crippen MR) is 504 cm³/mol. The number of para-hydroxylation sites is 1. The maximum atomic E-state index is 13.5. The largest absolute Gasteiger partial charge is 0.487 e. The van der Waals surface area contributed by atoms with Crippen LogP contribution < -0.4 is 32.0 Å². The molecule has 0 bridgehead atoms. The first-order valence-electron chi connectivity index (χ1n) is 45.6. The quantitative estimate of drug-likeness (QED) is 0.0403. The maximum Gasteiger partial charge on any atom is 0.222 e. The lowest BCUT2D eigenvalue weighted by atomic mass is 9.86. The van der Waals surface area contributed by atoms with E-state index in [-0.39, 0.29) is 48.5 Å². The van der Waals surface area contributed by atoms with Gasteiger partial charge in [-0.3, -0.25) is 0 Å². The molecule has 5 fully saturated rings. The zero-order valence-corrected chi connectivity index (χ0v) is 76.4. The molecule has 5 aliphatic carbocycles. The second kappa shape index (κ2) is 40.8. The van der Waals surface area contributed by atoms with Crippen LogP contribution in [0.4, 0.5) is 19.1 Å². The van der Waals surface area contributed by atoms with Gasteiger partial charge in [-0.05, 0) is 221 Å². The van der Waals surface area contributed by atoms with E-state index in [1.807, 2.05) is 137 Å². The Morgan fingerprint density at radius 2 is 0.971 bits per heavy atom. The van der Waals surface area contributed by atoms with Crippen molar-refractivity contribution in [2.24, 2.45) is 29.2 Å². The lowest BCUT2D eigenvalue weighted by molar-refractivity contribution is -0.0267. The van der Waals surface area contributed by atoms with Crippen LogP contribution in [0.25, 0.3) is 55.2 Å². The summed E-state index contributed by atoms with van der Waals surface area (Å²) in [4.78, 5) is 34.3. The first-order chi connectivity index (χ1) is 65.9. The van der Waals surface area contributed by atoms with Crippen molar-refractivity contribution in [2.75, 3.05) is 12.3 Å². The van der Waals surface area contributed by atoms with Crippen molar-refractivity contribution in [3.8, 4) is 17.6 Å². The number of fused-ring (bicyclic) bond motifs is 6. The molecule has 6 aliphatic rings. The van der Waals surface area contributed by atoms with E-state index in [2.05, 4.69) is 57.3 Å². The summed E-state index contributed by atoms with van der Waals surface area (Å²) in [6.07, 6.45) is 5.97. The Bertz CT molecular complexity index is 6760. The Kier molecular flexibility index (Phi) is 28.7. The van der Waals surface area contributed by atoms with Crippen LogP contribution in [0, 0.1) is 81.2 Å². The number of aromatic nitrogens is 13. The Labute approximate surface area is 790 Å². The summed E-state index contributed by atoms with van der Waals surface area (Å²) in [5, 5.41) is 146. The number of halogens is 4. The molecule has 0 amide bonds. The molecule has 21 rings (SSSR count). The highest BCUT2D eigenvalue weighted by molar-refractivity contribution is 6.30. The monoisotopic (exact) mass is 1890 g/mol. The smallest absolute Gasteiger partial charge is 0.222 e. The first kappa shape index (κ1) is 96.4. The fourth-order valence-electron chi connectivity index (χ4n) is 20.8. The van der Waals surface area contributed by atoms with E-state index in [0.29, 0.717) is 83.3 Å². The average Bonchev–Trinajstić information content (AvgIpc) is 1.56. The normalized spacial score (nSPS) is 26.0. The summed E-state index contributed by atoms with van der Waals surface area (Å²) < 4.78 is 61.2. The number of nitrogen functional groups attached to an aromatic ring is 1. The van der Waals surface area contributed by atoms with Gasteiger partial charge < -0.3 is 116 Å². The average molecular weight is 1890 g/mol. The molecule has 22 atom stereocenters.